The molecule has 1 heterocycles. The van der Waals surface area contributed by atoms with Gasteiger partial charge in [0.2, 0.25) is 0 Å². The van der Waals surface area contributed by atoms with E-state index in [-0.39, 0.29) is 18.0 Å². The number of H-pyrrole nitrogens is 1. The minimum Gasteiger partial charge on any atom is -0.355 e. The van der Waals surface area contributed by atoms with E-state index in [1.165, 1.54) is 0 Å². The number of nitrogens with zero attached hydrogens (tertiary/aromatic N) is 2. The highest BCUT2D eigenvalue weighted by atomic mass is 16.2. The first kappa shape index (κ1) is 18.4. The van der Waals surface area contributed by atoms with Crippen LogP contribution >= 0.6 is 0 Å². The molecule has 0 fully saturated rings. The van der Waals surface area contributed by atoms with Crippen molar-refractivity contribution in [2.45, 2.75) is 6.54 Å². The highest BCUT2D eigenvalue weighted by Gasteiger charge is 2.17. The van der Waals surface area contributed by atoms with E-state index in [1.807, 2.05) is 54.6 Å². The van der Waals surface area contributed by atoms with Crippen molar-refractivity contribution in [1.29, 1.82) is 0 Å². The highest BCUT2D eigenvalue weighted by molar-refractivity contribution is 6.00. The van der Waals surface area contributed by atoms with E-state index in [4.69, 9.17) is 0 Å². The Labute approximate surface area is 167 Å². The first-order chi connectivity index (χ1) is 14.1. The Morgan fingerprint density at radius 2 is 1.66 bits per heavy atom. The van der Waals surface area contributed by atoms with Crippen LogP contribution in [0.15, 0.2) is 83.7 Å². The largest absolute Gasteiger partial charge is 0.355 e. The normalized spacial score (nSPS) is 10.7. The van der Waals surface area contributed by atoms with E-state index in [1.54, 1.807) is 36.2 Å². The molecule has 4 rings (SSSR count). The van der Waals surface area contributed by atoms with Crippen LogP contribution in [0.1, 0.15) is 16.2 Å². The number of nitrogens with one attached hydrogen (secondary N) is 2. The third-order valence-electron chi connectivity index (χ3n) is 4.61. The fraction of sp³-hybridized carbons (Fsp3) is 0.0870. The standard InChI is InChI=1S/C23H20N4O2/c1-27(15-21-25-19-13-7-5-11-17(19)22(28)26-21)23(29)18-12-6-8-14-20(18)24-16-9-3-2-4-10-16/h2-14,24H,15H2,1H3,(H,25,26,28). The first-order valence-corrected chi connectivity index (χ1v) is 9.26. The molecule has 4 aromatic rings. The van der Waals surface area contributed by atoms with Gasteiger partial charge in [-0.15, -0.1) is 0 Å². The molecule has 1 aromatic heterocycles. The van der Waals surface area contributed by atoms with Gasteiger partial charge in [0, 0.05) is 12.7 Å². The maximum absolute atomic E-state index is 13.1. The van der Waals surface area contributed by atoms with Crippen LogP contribution < -0.4 is 10.9 Å². The first-order valence-electron chi connectivity index (χ1n) is 9.26. The number of aromatic nitrogens is 2. The second-order valence-electron chi connectivity index (χ2n) is 6.73. The summed E-state index contributed by atoms with van der Waals surface area (Å²) in [6.45, 7) is 0.193. The summed E-state index contributed by atoms with van der Waals surface area (Å²) >= 11 is 0. The number of carbonyl (C=O) groups excluding carboxylic acids is 1. The summed E-state index contributed by atoms with van der Waals surface area (Å²) in [7, 11) is 1.69. The second kappa shape index (κ2) is 7.98. The molecule has 0 saturated heterocycles. The maximum Gasteiger partial charge on any atom is 0.258 e. The molecular formula is C23H20N4O2. The van der Waals surface area contributed by atoms with Crippen LogP contribution in [-0.4, -0.2) is 27.8 Å². The molecule has 0 saturated carbocycles. The lowest BCUT2D eigenvalue weighted by atomic mass is 10.1. The monoisotopic (exact) mass is 384 g/mol. The van der Waals surface area contributed by atoms with Crippen molar-refractivity contribution in [2.24, 2.45) is 0 Å². The van der Waals surface area contributed by atoms with E-state index in [0.29, 0.717) is 22.3 Å². The summed E-state index contributed by atoms with van der Waals surface area (Å²) in [6, 6.07) is 24.2. The van der Waals surface area contributed by atoms with Gasteiger partial charge in [0.25, 0.3) is 11.5 Å². The minimum atomic E-state index is -0.211. The molecule has 29 heavy (non-hydrogen) atoms. The fourth-order valence-electron chi connectivity index (χ4n) is 3.17. The van der Waals surface area contributed by atoms with Gasteiger partial charge in [0.1, 0.15) is 5.82 Å². The lowest BCUT2D eigenvalue weighted by molar-refractivity contribution is 0.0782. The van der Waals surface area contributed by atoms with Crippen molar-refractivity contribution >= 4 is 28.2 Å². The second-order valence-corrected chi connectivity index (χ2v) is 6.73. The maximum atomic E-state index is 13.1. The zero-order valence-electron chi connectivity index (χ0n) is 15.9. The molecule has 0 aliphatic carbocycles. The van der Waals surface area contributed by atoms with Gasteiger partial charge in [-0.25, -0.2) is 4.98 Å². The van der Waals surface area contributed by atoms with Crippen molar-refractivity contribution in [1.82, 2.24) is 14.9 Å². The van der Waals surface area contributed by atoms with Crippen LogP contribution in [0.3, 0.4) is 0 Å². The molecule has 0 radical (unpaired) electrons. The van der Waals surface area contributed by atoms with Crippen LogP contribution in [0.25, 0.3) is 10.9 Å². The summed E-state index contributed by atoms with van der Waals surface area (Å²) in [6.07, 6.45) is 0. The Bertz CT molecular complexity index is 1220. The number of benzene rings is 3. The third kappa shape index (κ3) is 4.01. The predicted octanol–water partition coefficient (Wildman–Crippen LogP) is 3.94. The topological polar surface area (TPSA) is 78.1 Å². The van der Waals surface area contributed by atoms with Crippen LogP contribution in [0.5, 0.6) is 0 Å². The van der Waals surface area contributed by atoms with Gasteiger partial charge in [0.15, 0.2) is 0 Å². The van der Waals surface area contributed by atoms with Gasteiger partial charge < -0.3 is 15.2 Å². The number of para-hydroxylation sites is 3. The number of fused-ring (bicyclic) bond motifs is 1. The van der Waals surface area contributed by atoms with Gasteiger partial charge >= 0.3 is 0 Å². The molecule has 0 aliphatic rings. The minimum absolute atomic E-state index is 0.167. The smallest absolute Gasteiger partial charge is 0.258 e. The van der Waals surface area contributed by atoms with Gasteiger partial charge in [-0.05, 0) is 36.4 Å². The number of aromatic amines is 1. The van der Waals surface area contributed by atoms with E-state index in [0.717, 1.165) is 11.4 Å². The number of rotatable bonds is 5. The Morgan fingerprint density at radius 1 is 0.966 bits per heavy atom. The SMILES string of the molecule is CN(Cc1nc2ccccc2c(=O)[nH]1)C(=O)c1ccccc1Nc1ccccc1. The number of hydrogen-bond acceptors (Lipinski definition) is 4. The van der Waals surface area contributed by atoms with Crippen molar-refractivity contribution in [3.05, 3.63) is 101 Å². The number of anilines is 2. The van der Waals surface area contributed by atoms with E-state index >= 15 is 0 Å². The average molecular weight is 384 g/mol. The molecule has 6 nitrogen and oxygen atoms in total. The summed E-state index contributed by atoms with van der Waals surface area (Å²) in [5, 5.41) is 3.81. The quantitative estimate of drug-likeness (QED) is 0.546. The Kier molecular flexibility index (Phi) is 5.07. The van der Waals surface area contributed by atoms with Crippen LogP contribution in [-0.2, 0) is 6.54 Å². The molecule has 6 heteroatoms. The molecule has 0 aliphatic heterocycles. The Balaban J connectivity index is 1.58. The molecule has 0 unspecified atom stereocenters. The predicted molar refractivity (Wildman–Crippen MR) is 114 cm³/mol. The molecule has 0 atom stereocenters. The van der Waals surface area contributed by atoms with Crippen molar-refractivity contribution in [2.75, 3.05) is 12.4 Å². The van der Waals surface area contributed by atoms with Crippen molar-refractivity contribution < 1.29 is 4.79 Å². The van der Waals surface area contributed by atoms with Crippen LogP contribution in [0.2, 0.25) is 0 Å². The zero-order chi connectivity index (χ0) is 20.2. The van der Waals surface area contributed by atoms with Crippen molar-refractivity contribution in [3.63, 3.8) is 0 Å². The molecule has 2 N–H and O–H groups in total. The average Bonchev–Trinajstić information content (AvgIpc) is 2.74. The molecule has 3 aromatic carbocycles. The van der Waals surface area contributed by atoms with Crippen LogP contribution in [0.4, 0.5) is 11.4 Å². The highest BCUT2D eigenvalue weighted by Crippen LogP contribution is 2.22. The van der Waals surface area contributed by atoms with Crippen molar-refractivity contribution in [3.8, 4) is 0 Å². The molecule has 0 bridgehead atoms. The summed E-state index contributed by atoms with van der Waals surface area (Å²) in [5.74, 6) is 0.276. The summed E-state index contributed by atoms with van der Waals surface area (Å²) < 4.78 is 0. The van der Waals surface area contributed by atoms with Gasteiger partial charge in [-0.2, -0.15) is 0 Å². The van der Waals surface area contributed by atoms with Gasteiger partial charge in [0.05, 0.1) is 28.7 Å². The molecule has 144 valence electrons. The number of amides is 1. The number of carbonyl (C=O) groups is 1. The lowest BCUT2D eigenvalue weighted by Gasteiger charge is -2.19. The third-order valence-corrected chi connectivity index (χ3v) is 4.61. The molecule has 1 amide bonds. The summed E-state index contributed by atoms with van der Waals surface area (Å²) in [5.41, 5.74) is 2.56. The van der Waals surface area contributed by atoms with E-state index in [2.05, 4.69) is 15.3 Å². The zero-order valence-corrected chi connectivity index (χ0v) is 15.9. The van der Waals surface area contributed by atoms with Crippen LogP contribution in [0, 0.1) is 0 Å². The fourth-order valence-corrected chi connectivity index (χ4v) is 3.17. The van der Waals surface area contributed by atoms with E-state index in [9.17, 15) is 9.59 Å². The number of hydrogen-bond donors (Lipinski definition) is 2. The Morgan fingerprint density at radius 3 is 2.48 bits per heavy atom. The lowest BCUT2D eigenvalue weighted by Crippen LogP contribution is -2.28. The van der Waals surface area contributed by atoms with E-state index < -0.39 is 0 Å². The van der Waals surface area contributed by atoms with Gasteiger partial charge in [-0.1, -0.05) is 42.5 Å². The van der Waals surface area contributed by atoms with Gasteiger partial charge in [-0.3, -0.25) is 9.59 Å². The molecular weight excluding hydrogens is 364 g/mol. The Hall–Kier alpha value is -3.93. The molecule has 0 spiro atoms. The summed E-state index contributed by atoms with van der Waals surface area (Å²) in [4.78, 5) is 34.1.